The molecule has 0 aromatic heterocycles. The summed E-state index contributed by atoms with van der Waals surface area (Å²) >= 11 is 0. The Morgan fingerprint density at radius 1 is 1.62 bits per heavy atom. The molecule has 0 amide bonds. The van der Waals surface area contributed by atoms with Crippen LogP contribution < -0.4 is 0 Å². The second kappa shape index (κ2) is 4.85. The van der Waals surface area contributed by atoms with Gasteiger partial charge in [0.1, 0.15) is 6.61 Å². The molecule has 72 valence electrons. The molecule has 0 spiro atoms. The third kappa shape index (κ3) is 3.45. The molecule has 0 N–H and O–H groups in total. The summed E-state index contributed by atoms with van der Waals surface area (Å²) in [6.07, 6.45) is 6.92. The number of hydrogen-bond donors (Lipinski definition) is 0. The normalized spacial score (nSPS) is 16.2. The number of carbonyl (C=O) groups is 1. The van der Waals surface area contributed by atoms with Crippen LogP contribution in [0.25, 0.3) is 0 Å². The molecule has 1 rings (SSSR count). The van der Waals surface area contributed by atoms with Gasteiger partial charge in [-0.15, -0.1) is 0 Å². The molecule has 0 saturated carbocycles. The lowest BCUT2D eigenvalue weighted by atomic mass is 9.95. The van der Waals surface area contributed by atoms with Crippen LogP contribution in [0.1, 0.15) is 32.6 Å². The van der Waals surface area contributed by atoms with Gasteiger partial charge >= 0.3 is 5.97 Å². The Hall–Kier alpha value is -1.05. The second-order valence-corrected chi connectivity index (χ2v) is 3.36. The average molecular weight is 180 g/mol. The Kier molecular flexibility index (Phi) is 3.74. The molecule has 0 aromatic rings. The topological polar surface area (TPSA) is 26.3 Å². The standard InChI is InChI=1S/C11H16O2/c1-9(8-13-10(2)12)11-6-4-3-5-7-11/h6H,1,3-5,7-8H2,2H3. The predicted octanol–water partition coefficient (Wildman–Crippen LogP) is 2.61. The van der Waals surface area contributed by atoms with Gasteiger partial charge < -0.3 is 4.74 Å². The van der Waals surface area contributed by atoms with Gasteiger partial charge in [-0.2, -0.15) is 0 Å². The maximum Gasteiger partial charge on any atom is 0.302 e. The van der Waals surface area contributed by atoms with Crippen molar-refractivity contribution in [3.63, 3.8) is 0 Å². The Bertz CT molecular complexity index is 238. The minimum absolute atomic E-state index is 0.238. The van der Waals surface area contributed by atoms with Gasteiger partial charge in [0.2, 0.25) is 0 Å². The van der Waals surface area contributed by atoms with E-state index < -0.39 is 0 Å². The SMILES string of the molecule is C=C(COC(C)=O)C1=CCCCC1. The molecule has 0 heterocycles. The first-order chi connectivity index (χ1) is 6.20. The van der Waals surface area contributed by atoms with E-state index in [2.05, 4.69) is 12.7 Å². The summed E-state index contributed by atoms with van der Waals surface area (Å²) in [7, 11) is 0. The summed E-state index contributed by atoms with van der Waals surface area (Å²) in [5.74, 6) is -0.238. The minimum atomic E-state index is -0.238. The maximum atomic E-state index is 10.5. The molecule has 2 nitrogen and oxygen atoms in total. The molecule has 0 aliphatic heterocycles. The fourth-order valence-electron chi connectivity index (χ4n) is 1.44. The molecule has 1 aliphatic rings. The highest BCUT2D eigenvalue weighted by atomic mass is 16.5. The molecular weight excluding hydrogens is 164 g/mol. The van der Waals surface area contributed by atoms with E-state index in [1.807, 2.05) is 0 Å². The largest absolute Gasteiger partial charge is 0.461 e. The number of carbonyl (C=O) groups excluding carboxylic acids is 1. The van der Waals surface area contributed by atoms with Crippen LogP contribution in [-0.2, 0) is 9.53 Å². The summed E-state index contributed by atoms with van der Waals surface area (Å²) < 4.78 is 4.88. The summed E-state index contributed by atoms with van der Waals surface area (Å²) in [6.45, 7) is 5.67. The molecule has 0 atom stereocenters. The first-order valence-corrected chi connectivity index (χ1v) is 4.70. The second-order valence-electron chi connectivity index (χ2n) is 3.36. The Labute approximate surface area is 79.3 Å². The van der Waals surface area contributed by atoms with E-state index in [1.165, 1.54) is 25.3 Å². The molecule has 0 bridgehead atoms. The summed E-state index contributed by atoms with van der Waals surface area (Å²) in [5, 5.41) is 0. The smallest absolute Gasteiger partial charge is 0.302 e. The van der Waals surface area contributed by atoms with Gasteiger partial charge in [-0.25, -0.2) is 0 Å². The highest BCUT2D eigenvalue weighted by Gasteiger charge is 2.07. The Morgan fingerprint density at radius 3 is 2.92 bits per heavy atom. The number of esters is 1. The summed E-state index contributed by atoms with van der Waals surface area (Å²) in [6, 6.07) is 0. The van der Waals surface area contributed by atoms with Crippen molar-refractivity contribution in [2.45, 2.75) is 32.6 Å². The lowest BCUT2D eigenvalue weighted by Crippen LogP contribution is -2.05. The van der Waals surface area contributed by atoms with Crippen molar-refractivity contribution < 1.29 is 9.53 Å². The first kappa shape index (κ1) is 10.0. The number of allylic oxidation sites excluding steroid dienone is 1. The Morgan fingerprint density at radius 2 is 2.38 bits per heavy atom. The van der Waals surface area contributed by atoms with Crippen molar-refractivity contribution in [1.29, 1.82) is 0 Å². The van der Waals surface area contributed by atoms with E-state index in [9.17, 15) is 4.79 Å². The van der Waals surface area contributed by atoms with E-state index in [-0.39, 0.29) is 5.97 Å². The fourth-order valence-corrected chi connectivity index (χ4v) is 1.44. The predicted molar refractivity (Wildman–Crippen MR) is 52.3 cm³/mol. The number of rotatable bonds is 3. The zero-order valence-corrected chi connectivity index (χ0v) is 8.14. The minimum Gasteiger partial charge on any atom is -0.461 e. The number of ether oxygens (including phenoxy) is 1. The molecule has 0 saturated heterocycles. The quantitative estimate of drug-likeness (QED) is 0.624. The number of hydrogen-bond acceptors (Lipinski definition) is 2. The fraction of sp³-hybridized carbons (Fsp3) is 0.545. The first-order valence-electron chi connectivity index (χ1n) is 4.70. The van der Waals surface area contributed by atoms with E-state index in [0.717, 1.165) is 18.4 Å². The van der Waals surface area contributed by atoms with Gasteiger partial charge in [-0.3, -0.25) is 4.79 Å². The van der Waals surface area contributed by atoms with Crippen LogP contribution in [0, 0.1) is 0 Å². The monoisotopic (exact) mass is 180 g/mol. The van der Waals surface area contributed by atoms with Crippen molar-refractivity contribution in [3.8, 4) is 0 Å². The van der Waals surface area contributed by atoms with Crippen molar-refractivity contribution in [2.24, 2.45) is 0 Å². The third-order valence-corrected chi connectivity index (χ3v) is 2.19. The summed E-state index contributed by atoms with van der Waals surface area (Å²) in [4.78, 5) is 10.5. The molecule has 0 unspecified atom stereocenters. The molecule has 0 aromatic carbocycles. The van der Waals surface area contributed by atoms with Gasteiger partial charge in [0.25, 0.3) is 0 Å². The lowest BCUT2D eigenvalue weighted by molar-refractivity contribution is -0.139. The van der Waals surface area contributed by atoms with Gasteiger partial charge in [0.05, 0.1) is 0 Å². The maximum absolute atomic E-state index is 10.5. The Balaban J connectivity index is 2.38. The molecule has 2 heteroatoms. The van der Waals surface area contributed by atoms with Gasteiger partial charge in [-0.1, -0.05) is 12.7 Å². The van der Waals surface area contributed by atoms with Crippen molar-refractivity contribution >= 4 is 5.97 Å². The van der Waals surface area contributed by atoms with Gasteiger partial charge in [0.15, 0.2) is 0 Å². The van der Waals surface area contributed by atoms with E-state index >= 15 is 0 Å². The molecule has 1 aliphatic carbocycles. The van der Waals surface area contributed by atoms with E-state index in [0.29, 0.717) is 6.61 Å². The van der Waals surface area contributed by atoms with Crippen molar-refractivity contribution in [1.82, 2.24) is 0 Å². The van der Waals surface area contributed by atoms with Crippen molar-refractivity contribution in [2.75, 3.05) is 6.61 Å². The zero-order valence-electron chi connectivity index (χ0n) is 8.14. The summed E-state index contributed by atoms with van der Waals surface area (Å²) in [5.41, 5.74) is 2.22. The lowest BCUT2D eigenvalue weighted by Gasteiger charge is -2.14. The van der Waals surface area contributed by atoms with Crippen LogP contribution in [0.3, 0.4) is 0 Å². The van der Waals surface area contributed by atoms with Crippen LogP contribution >= 0.6 is 0 Å². The van der Waals surface area contributed by atoms with E-state index in [4.69, 9.17) is 4.74 Å². The van der Waals surface area contributed by atoms with Crippen LogP contribution in [-0.4, -0.2) is 12.6 Å². The highest BCUT2D eigenvalue weighted by Crippen LogP contribution is 2.22. The van der Waals surface area contributed by atoms with Gasteiger partial charge in [0, 0.05) is 6.92 Å². The van der Waals surface area contributed by atoms with Gasteiger partial charge in [-0.05, 0) is 36.8 Å². The molecule has 13 heavy (non-hydrogen) atoms. The van der Waals surface area contributed by atoms with Crippen molar-refractivity contribution in [3.05, 3.63) is 23.8 Å². The zero-order chi connectivity index (χ0) is 9.68. The molecule has 0 radical (unpaired) electrons. The van der Waals surface area contributed by atoms with Crippen LogP contribution in [0.4, 0.5) is 0 Å². The molecular formula is C11H16O2. The molecule has 0 fully saturated rings. The third-order valence-electron chi connectivity index (χ3n) is 2.19. The average Bonchev–Trinajstić information content (AvgIpc) is 2.15. The van der Waals surface area contributed by atoms with Crippen LogP contribution in [0.2, 0.25) is 0 Å². The van der Waals surface area contributed by atoms with Crippen LogP contribution in [0.5, 0.6) is 0 Å². The van der Waals surface area contributed by atoms with E-state index in [1.54, 1.807) is 0 Å². The van der Waals surface area contributed by atoms with Crippen LogP contribution in [0.15, 0.2) is 23.8 Å². The highest BCUT2D eigenvalue weighted by molar-refractivity contribution is 5.66.